The molecule has 1 aromatic carbocycles. The number of aromatic nitrogens is 2. The van der Waals surface area contributed by atoms with Gasteiger partial charge in [-0.2, -0.15) is 0 Å². The summed E-state index contributed by atoms with van der Waals surface area (Å²) in [5, 5.41) is 11.1. The second-order valence-electron chi connectivity index (χ2n) is 6.94. The second-order valence-corrected chi connectivity index (χ2v) is 7.37. The highest BCUT2D eigenvalue weighted by Crippen LogP contribution is 2.22. The van der Waals surface area contributed by atoms with Gasteiger partial charge in [-0.3, -0.25) is 14.7 Å². The third kappa shape index (κ3) is 3.90. The molecule has 2 aliphatic heterocycles. The Labute approximate surface area is 163 Å². The van der Waals surface area contributed by atoms with E-state index in [9.17, 15) is 9.90 Å². The van der Waals surface area contributed by atoms with Crippen LogP contribution < -0.4 is 4.90 Å². The zero-order valence-electron chi connectivity index (χ0n) is 14.9. The summed E-state index contributed by atoms with van der Waals surface area (Å²) in [6.45, 7) is 4.19. The van der Waals surface area contributed by atoms with Crippen LogP contribution in [-0.2, 0) is 0 Å². The topological polar surface area (TPSA) is 72.8 Å². The number of carbonyl (C=O) groups excluding carboxylic acids is 1. The highest BCUT2D eigenvalue weighted by Gasteiger charge is 2.38. The maximum atomic E-state index is 12.7. The van der Waals surface area contributed by atoms with Gasteiger partial charge in [-0.05, 0) is 24.3 Å². The molecular weight excluding hydrogens is 366 g/mol. The van der Waals surface area contributed by atoms with Crippen LogP contribution >= 0.6 is 11.6 Å². The Balaban J connectivity index is 1.36. The lowest BCUT2D eigenvalue weighted by Gasteiger charge is -2.39. The maximum absolute atomic E-state index is 12.7. The number of hydrogen-bond donors (Lipinski definition) is 1. The number of aliphatic hydroxyl groups excluding tert-OH is 1. The van der Waals surface area contributed by atoms with Crippen molar-refractivity contribution in [3.05, 3.63) is 53.4 Å². The van der Waals surface area contributed by atoms with Crippen molar-refractivity contribution < 1.29 is 9.90 Å². The van der Waals surface area contributed by atoms with Crippen molar-refractivity contribution in [1.82, 2.24) is 19.8 Å². The minimum Gasteiger partial charge on any atom is -0.390 e. The Kier molecular flexibility index (Phi) is 5.24. The van der Waals surface area contributed by atoms with Gasteiger partial charge in [0, 0.05) is 62.2 Å². The standard InChI is InChI=1S/C19H22ClN5O2/c20-15-3-1-14(2-4-15)19(27)25-12-16(17(26)13-25)23-7-9-24(10-8-23)18-11-21-5-6-22-18/h1-6,11,16-17,26H,7-10,12-13H2. The number of hydrogen-bond acceptors (Lipinski definition) is 6. The Morgan fingerprint density at radius 3 is 2.48 bits per heavy atom. The van der Waals surface area contributed by atoms with E-state index >= 15 is 0 Å². The highest BCUT2D eigenvalue weighted by molar-refractivity contribution is 6.30. The van der Waals surface area contributed by atoms with Crippen LogP contribution in [0, 0.1) is 0 Å². The molecule has 4 rings (SSSR count). The Morgan fingerprint density at radius 2 is 1.81 bits per heavy atom. The average Bonchev–Trinajstić information content (AvgIpc) is 3.10. The van der Waals surface area contributed by atoms with Crippen LogP contribution in [0.1, 0.15) is 10.4 Å². The van der Waals surface area contributed by atoms with Gasteiger partial charge >= 0.3 is 0 Å². The summed E-state index contributed by atoms with van der Waals surface area (Å²) < 4.78 is 0. The lowest BCUT2D eigenvalue weighted by atomic mass is 10.1. The lowest BCUT2D eigenvalue weighted by molar-refractivity contribution is 0.0754. The zero-order valence-corrected chi connectivity index (χ0v) is 15.7. The van der Waals surface area contributed by atoms with E-state index < -0.39 is 6.10 Å². The zero-order chi connectivity index (χ0) is 18.8. The Bertz CT molecular complexity index is 780. The first-order valence-electron chi connectivity index (χ1n) is 9.10. The molecule has 2 atom stereocenters. The van der Waals surface area contributed by atoms with E-state index in [0.29, 0.717) is 23.7 Å². The molecule has 1 N–H and O–H groups in total. The van der Waals surface area contributed by atoms with Crippen molar-refractivity contribution in [2.24, 2.45) is 0 Å². The summed E-state index contributed by atoms with van der Waals surface area (Å²) in [5.41, 5.74) is 0.597. The molecule has 0 saturated carbocycles. The van der Waals surface area contributed by atoms with Crippen LogP contribution in [0.15, 0.2) is 42.9 Å². The van der Waals surface area contributed by atoms with Gasteiger partial charge in [0.25, 0.3) is 5.91 Å². The van der Waals surface area contributed by atoms with Crippen LogP contribution in [0.5, 0.6) is 0 Å². The van der Waals surface area contributed by atoms with Crippen LogP contribution in [-0.4, -0.2) is 82.2 Å². The number of anilines is 1. The van der Waals surface area contributed by atoms with Gasteiger partial charge in [0.15, 0.2) is 0 Å². The molecule has 0 aliphatic carbocycles. The summed E-state index contributed by atoms with van der Waals surface area (Å²) in [7, 11) is 0. The smallest absolute Gasteiger partial charge is 0.253 e. The minimum atomic E-state index is -0.538. The highest BCUT2D eigenvalue weighted by atomic mass is 35.5. The van der Waals surface area contributed by atoms with Gasteiger partial charge in [0.05, 0.1) is 18.3 Å². The summed E-state index contributed by atoms with van der Waals surface area (Å²) in [6, 6.07) is 6.84. The largest absolute Gasteiger partial charge is 0.390 e. The van der Waals surface area contributed by atoms with E-state index in [1.807, 2.05) is 0 Å². The lowest BCUT2D eigenvalue weighted by Crippen LogP contribution is -2.54. The predicted molar refractivity (Wildman–Crippen MR) is 103 cm³/mol. The van der Waals surface area contributed by atoms with Crippen LogP contribution in [0.2, 0.25) is 5.02 Å². The SMILES string of the molecule is O=C(c1ccc(Cl)cc1)N1CC(O)C(N2CCN(c3cnccn3)CC2)C1. The van der Waals surface area contributed by atoms with E-state index in [2.05, 4.69) is 19.8 Å². The molecule has 2 aliphatic rings. The summed E-state index contributed by atoms with van der Waals surface area (Å²) in [6.07, 6.45) is 4.60. The number of β-amino-alcohol motifs (C(OH)–C–C–N with tert-alkyl or cyclic N) is 1. The molecule has 2 saturated heterocycles. The number of rotatable bonds is 3. The van der Waals surface area contributed by atoms with E-state index in [4.69, 9.17) is 11.6 Å². The molecular formula is C19H22ClN5O2. The van der Waals surface area contributed by atoms with Gasteiger partial charge in [-0.1, -0.05) is 11.6 Å². The molecule has 2 unspecified atom stereocenters. The van der Waals surface area contributed by atoms with Crippen molar-refractivity contribution in [3.63, 3.8) is 0 Å². The van der Waals surface area contributed by atoms with Gasteiger partial charge in [-0.25, -0.2) is 4.98 Å². The molecule has 3 heterocycles. The number of piperazine rings is 1. The van der Waals surface area contributed by atoms with Crippen molar-refractivity contribution in [2.75, 3.05) is 44.2 Å². The van der Waals surface area contributed by atoms with E-state index in [-0.39, 0.29) is 11.9 Å². The molecule has 27 heavy (non-hydrogen) atoms. The van der Waals surface area contributed by atoms with E-state index in [1.54, 1.807) is 47.8 Å². The molecule has 0 radical (unpaired) electrons. The predicted octanol–water partition coefficient (Wildman–Crippen LogP) is 1.14. The fraction of sp³-hybridized carbons (Fsp3) is 0.421. The van der Waals surface area contributed by atoms with Crippen LogP contribution in [0.3, 0.4) is 0 Å². The third-order valence-electron chi connectivity index (χ3n) is 5.29. The van der Waals surface area contributed by atoms with Crippen LogP contribution in [0.4, 0.5) is 5.82 Å². The molecule has 2 fully saturated rings. The van der Waals surface area contributed by atoms with Crippen molar-refractivity contribution in [1.29, 1.82) is 0 Å². The first kappa shape index (κ1) is 18.2. The van der Waals surface area contributed by atoms with Gasteiger partial charge < -0.3 is 14.9 Å². The summed E-state index contributed by atoms with van der Waals surface area (Å²) in [4.78, 5) is 27.4. The number of carbonyl (C=O) groups is 1. The molecule has 1 amide bonds. The first-order valence-corrected chi connectivity index (χ1v) is 9.47. The van der Waals surface area contributed by atoms with Gasteiger partial charge in [0.1, 0.15) is 5.82 Å². The molecule has 2 aromatic rings. The van der Waals surface area contributed by atoms with Crippen LogP contribution in [0.25, 0.3) is 0 Å². The number of nitrogens with zero attached hydrogens (tertiary/aromatic N) is 5. The molecule has 142 valence electrons. The second kappa shape index (κ2) is 7.80. The van der Waals surface area contributed by atoms with E-state index in [1.165, 1.54) is 0 Å². The minimum absolute atomic E-state index is 0.0368. The fourth-order valence-corrected chi connectivity index (χ4v) is 3.93. The number of aliphatic hydroxyl groups is 1. The number of halogens is 1. The molecule has 0 spiro atoms. The maximum Gasteiger partial charge on any atom is 0.253 e. The fourth-order valence-electron chi connectivity index (χ4n) is 3.81. The van der Waals surface area contributed by atoms with Crippen molar-refractivity contribution in [2.45, 2.75) is 12.1 Å². The molecule has 7 nitrogen and oxygen atoms in total. The average molecular weight is 388 g/mol. The van der Waals surface area contributed by atoms with Gasteiger partial charge in [-0.15, -0.1) is 0 Å². The van der Waals surface area contributed by atoms with Crippen molar-refractivity contribution in [3.8, 4) is 0 Å². The summed E-state index contributed by atoms with van der Waals surface area (Å²) in [5.74, 6) is 0.815. The summed E-state index contributed by atoms with van der Waals surface area (Å²) >= 11 is 5.90. The molecule has 1 aromatic heterocycles. The number of benzene rings is 1. The van der Waals surface area contributed by atoms with E-state index in [0.717, 1.165) is 32.0 Å². The van der Waals surface area contributed by atoms with Crippen molar-refractivity contribution >= 4 is 23.3 Å². The number of amides is 1. The monoisotopic (exact) mass is 387 g/mol. The Morgan fingerprint density at radius 1 is 1.07 bits per heavy atom. The number of likely N-dealkylation sites (tertiary alicyclic amines) is 1. The molecule has 8 heteroatoms. The quantitative estimate of drug-likeness (QED) is 0.851. The normalized spacial score (nSPS) is 23.6. The Hall–Kier alpha value is -2.22. The third-order valence-corrected chi connectivity index (χ3v) is 5.55. The van der Waals surface area contributed by atoms with Gasteiger partial charge in [0.2, 0.25) is 0 Å². The molecule has 0 bridgehead atoms. The first-order chi connectivity index (χ1) is 13.1.